The van der Waals surface area contributed by atoms with Gasteiger partial charge in [-0.05, 0) is 123 Å². The second kappa shape index (κ2) is 55.9. The molecule has 0 fully saturated rings. The van der Waals surface area contributed by atoms with E-state index in [1.165, 1.54) is 16.7 Å². The largest absolute Gasteiger partial charge is 4.00 e. The van der Waals surface area contributed by atoms with Crippen LogP contribution in [0.25, 0.3) is 99.6 Å². The van der Waals surface area contributed by atoms with Gasteiger partial charge in [0.1, 0.15) is 0 Å². The number of hydrogen-bond acceptors (Lipinski definition) is 9. The van der Waals surface area contributed by atoms with Crippen molar-refractivity contribution < 1.29 is 134 Å². The second-order valence-electron chi connectivity index (χ2n) is 21.1. The van der Waals surface area contributed by atoms with Crippen LogP contribution >= 0.6 is 23.4 Å². The SMILES string of the molecule is CC=[N-].CC=[N-].CC=[N-].CC=[N-].CC=[N-].CC=[N-].CN(C)Cc1[c-]cccc1.Cc1ccnc(-c2cc(C)ccn2)c1.F[P-](F)(F)(F)(F)F.F[P-](F)(F)(F)(F)F.F[P-](F)(F)(F)(F)F.[Ru+3].[Ru+3].[Ru+4].[c-]1ccccc1-c1ccccn1.[c-]1ccccc1-c1ccccn1.c1ccc(-c2ccccn2)nc1.c1cnc2c(c1)ccc1cccnc12. The van der Waals surface area contributed by atoms with Crippen molar-refractivity contribution in [3.05, 3.63) is 323 Å². The van der Waals surface area contributed by atoms with Gasteiger partial charge in [0.05, 0.1) is 33.8 Å². The Morgan fingerprint density at radius 1 is 0.302 bits per heavy atom. The van der Waals surface area contributed by atoms with E-state index >= 15 is 0 Å². The topological polar surface area (TPSA) is 240 Å². The van der Waals surface area contributed by atoms with E-state index in [1.54, 1.807) is 78.7 Å². The summed E-state index contributed by atoms with van der Waals surface area (Å²) in [5.41, 5.74) is 13.3. The molecule has 0 bridgehead atoms. The summed E-state index contributed by atoms with van der Waals surface area (Å²) in [6.45, 7) is 14.4. The molecular formula is C77H80F18N15P3Ru3-2. The molecule has 8 aromatic heterocycles. The summed E-state index contributed by atoms with van der Waals surface area (Å²) in [5.74, 6) is 0. The maximum atomic E-state index is 9.87. The van der Waals surface area contributed by atoms with Crippen molar-refractivity contribution in [1.82, 2.24) is 44.8 Å². The summed E-state index contributed by atoms with van der Waals surface area (Å²) in [6.07, 6.45) is 20.3. The molecule has 0 spiro atoms. The average molecular weight is 1950 g/mol. The minimum atomic E-state index is -10.7. The Bertz CT molecular complexity index is 4080. The molecule has 116 heavy (non-hydrogen) atoms. The maximum absolute atomic E-state index is 10.7. The van der Waals surface area contributed by atoms with Gasteiger partial charge in [-0.3, -0.25) is 29.9 Å². The number of halogens is 18. The van der Waals surface area contributed by atoms with Crippen LogP contribution in [0.15, 0.2) is 256 Å². The number of aryl methyl sites for hydroxylation is 2. The second-order valence-corrected chi connectivity index (χ2v) is 26.9. The fourth-order valence-corrected chi connectivity index (χ4v) is 7.08. The van der Waals surface area contributed by atoms with Crippen LogP contribution < -0.4 is 0 Å². The molecule has 0 saturated carbocycles. The third-order valence-electron chi connectivity index (χ3n) is 10.6. The maximum Gasteiger partial charge on any atom is 4.00 e. The van der Waals surface area contributed by atoms with Crippen LogP contribution in [0.5, 0.6) is 0 Å². The number of pyridine rings is 8. The van der Waals surface area contributed by atoms with Gasteiger partial charge in [-0.2, -0.15) is 30.3 Å². The van der Waals surface area contributed by atoms with Crippen molar-refractivity contribution in [2.24, 2.45) is 0 Å². The Balaban J connectivity index is -0.000000287. The van der Waals surface area contributed by atoms with E-state index in [1.807, 2.05) is 188 Å². The van der Waals surface area contributed by atoms with E-state index in [4.69, 9.17) is 32.5 Å². The molecule has 8 heterocycles. The van der Waals surface area contributed by atoms with Gasteiger partial charge < -0.3 is 47.3 Å². The van der Waals surface area contributed by atoms with Gasteiger partial charge in [0, 0.05) is 66.9 Å². The van der Waals surface area contributed by atoms with Crippen LogP contribution in [0.3, 0.4) is 0 Å². The van der Waals surface area contributed by atoms with Crippen LogP contribution in [0, 0.1) is 32.0 Å². The molecule has 12 rings (SSSR count). The van der Waals surface area contributed by atoms with Crippen LogP contribution in [0.2, 0.25) is 0 Å². The first-order valence-corrected chi connectivity index (χ1v) is 38.2. The molecule has 0 aliphatic carbocycles. The van der Waals surface area contributed by atoms with E-state index in [0.717, 1.165) is 111 Å². The summed E-state index contributed by atoms with van der Waals surface area (Å²) < 4.78 is 178. The van der Waals surface area contributed by atoms with Crippen molar-refractivity contribution in [3.8, 4) is 45.3 Å². The van der Waals surface area contributed by atoms with Crippen LogP contribution in [-0.2, 0) is 65.0 Å². The number of benzene rings is 4. The number of nitrogens with zero attached hydrogens (tertiary/aromatic N) is 15. The standard InChI is InChI=1S/C12H8N2.C12H12N2.2C11H8N.C10H8N2.C9H12N.6C2H4N.3F6P.3Ru/c1-3-9-5-6-10-4-2-8-14-12(10)11(9)13-7-1;1-9-3-5-13-11(7-9)12-8-10(2)4-6-14-12;2*1-2-6-10(7-3-1)11-8-4-5-9-12-11;1-3-7-11-9(5-1)10-6-2-4-8-12-10;1-10(2)8-9-6-4-3-5-7-9;6*1-2-3;3*1-7(2,3,4,5)6;;;/h1-8H;3-8H,1-2H3;2*1-6,8-9H;1-8H;3-6H,8H2,1-2H3;6*2H,1H3;;;;;;/q;;2*-1;;10*-1;2*+3;+4. The molecule has 15 nitrogen and oxygen atoms in total. The van der Waals surface area contributed by atoms with Gasteiger partial charge in [0.2, 0.25) is 0 Å². The summed E-state index contributed by atoms with van der Waals surface area (Å²) in [4.78, 5) is 36.2. The van der Waals surface area contributed by atoms with Crippen molar-refractivity contribution >= 4 is 82.5 Å². The van der Waals surface area contributed by atoms with Gasteiger partial charge in [-0.1, -0.05) is 102 Å². The van der Waals surface area contributed by atoms with E-state index in [0.29, 0.717) is 0 Å². The third-order valence-corrected chi connectivity index (χ3v) is 10.6. The first kappa shape index (κ1) is 117. The zero-order chi connectivity index (χ0) is 86.9. The zero-order valence-electron chi connectivity index (χ0n) is 63.3. The molecule has 0 N–H and O–H groups in total. The van der Waals surface area contributed by atoms with Gasteiger partial charge >= 0.3 is 157 Å². The number of aromatic nitrogens is 8. The number of hydrogen-bond donors (Lipinski definition) is 0. The average Bonchev–Trinajstić information content (AvgIpc) is 0.801. The Hall–Kier alpha value is -9.52. The molecule has 12 aromatic rings. The fourth-order valence-electron chi connectivity index (χ4n) is 7.08. The molecule has 0 aliphatic rings. The normalized spacial score (nSPS) is 11.3. The van der Waals surface area contributed by atoms with Gasteiger partial charge in [-0.15, -0.1) is 77.4 Å². The predicted octanol–water partition coefficient (Wildman–Crippen LogP) is 28.4. The molecule has 0 saturated heterocycles. The molecule has 0 aliphatic heterocycles. The third kappa shape index (κ3) is 81.1. The minimum absolute atomic E-state index is 0. The molecule has 630 valence electrons. The Morgan fingerprint density at radius 3 is 0.767 bits per heavy atom. The molecule has 0 atom stereocenters. The van der Waals surface area contributed by atoms with E-state index < -0.39 is 23.4 Å². The fraction of sp³-hybridized carbons (Fsp3) is 0.143. The Labute approximate surface area is 701 Å². The van der Waals surface area contributed by atoms with Crippen molar-refractivity contribution in [1.29, 1.82) is 0 Å². The first-order chi connectivity index (χ1) is 52.2. The molecule has 2 radical (unpaired) electrons. The smallest absolute Gasteiger partial charge is 0.305 e. The van der Waals surface area contributed by atoms with Crippen molar-refractivity contribution in [2.45, 2.75) is 61.9 Å². The van der Waals surface area contributed by atoms with Crippen LogP contribution in [0.1, 0.15) is 58.2 Å². The van der Waals surface area contributed by atoms with Gasteiger partial charge in [-0.25, -0.2) is 37.3 Å². The number of rotatable bonds is 6. The molecule has 0 unspecified atom stereocenters. The van der Waals surface area contributed by atoms with Crippen LogP contribution in [-0.4, -0.2) is 96.2 Å². The van der Waals surface area contributed by atoms with E-state index in [-0.39, 0.29) is 58.4 Å². The molecule has 0 amide bonds. The van der Waals surface area contributed by atoms with E-state index in [2.05, 4.69) is 121 Å². The van der Waals surface area contributed by atoms with Crippen molar-refractivity contribution in [3.63, 3.8) is 0 Å². The molecule has 4 aromatic carbocycles. The predicted molar refractivity (Wildman–Crippen MR) is 432 cm³/mol. The zero-order valence-corrected chi connectivity index (χ0v) is 71.2. The quantitative estimate of drug-likeness (QED) is 0.0383. The van der Waals surface area contributed by atoms with E-state index in [9.17, 15) is 75.5 Å². The summed E-state index contributed by atoms with van der Waals surface area (Å²) in [7, 11) is -27.9. The monoisotopic (exact) mass is 1960 g/mol. The molecular weight excluding hydrogens is 1870 g/mol. The summed E-state index contributed by atoms with van der Waals surface area (Å²) in [5, 5.41) is 46.9. The summed E-state index contributed by atoms with van der Waals surface area (Å²) >= 11 is 0. The van der Waals surface area contributed by atoms with Crippen LogP contribution in [0.4, 0.5) is 75.5 Å². The molecule has 39 heteroatoms. The minimum Gasteiger partial charge on any atom is -0.305 e. The Kier molecular flexibility index (Phi) is 56.6. The summed E-state index contributed by atoms with van der Waals surface area (Å²) in [6, 6.07) is 76.6. The van der Waals surface area contributed by atoms with Gasteiger partial charge in [0.15, 0.2) is 0 Å². The van der Waals surface area contributed by atoms with Crippen molar-refractivity contribution in [2.75, 3.05) is 14.1 Å². The Morgan fingerprint density at radius 2 is 0.543 bits per heavy atom. The number of fused-ring (bicyclic) bond motifs is 3. The first-order valence-electron chi connectivity index (χ1n) is 32.1. The van der Waals surface area contributed by atoms with Gasteiger partial charge in [0.25, 0.3) is 0 Å².